The number of piperidine rings is 1. The second-order valence-corrected chi connectivity index (χ2v) is 16.9. The number of amides is 3. The number of nitrogens with zero attached hydrogens (tertiary/aromatic N) is 6. The van der Waals surface area contributed by atoms with Crippen LogP contribution in [0.2, 0.25) is 0 Å². The van der Waals surface area contributed by atoms with Gasteiger partial charge in [0.25, 0.3) is 5.91 Å². The molecule has 4 aliphatic rings. The average Bonchev–Trinajstić information content (AvgIpc) is 3.36. The lowest BCUT2D eigenvalue weighted by atomic mass is 9.71. The number of aromatic nitrogens is 2. The third-order valence-corrected chi connectivity index (χ3v) is 11.3. The van der Waals surface area contributed by atoms with E-state index in [-0.39, 0.29) is 40.6 Å². The maximum absolute atomic E-state index is 14.4. The van der Waals surface area contributed by atoms with Crippen LogP contribution in [0, 0.1) is 17.2 Å². The van der Waals surface area contributed by atoms with Gasteiger partial charge in [-0.2, -0.15) is 0 Å². The van der Waals surface area contributed by atoms with Crippen LogP contribution in [0.1, 0.15) is 110 Å². The number of hydrogen-bond acceptors (Lipinski definition) is 9. The van der Waals surface area contributed by atoms with E-state index in [2.05, 4.69) is 19.8 Å². The third-order valence-electron chi connectivity index (χ3n) is 11.3. The van der Waals surface area contributed by atoms with Crippen molar-refractivity contribution in [3.05, 3.63) is 42.1 Å². The molecule has 278 valence electrons. The van der Waals surface area contributed by atoms with E-state index in [0.29, 0.717) is 23.9 Å². The molecule has 0 atom stereocenters. The molecule has 2 aromatic rings. The third kappa shape index (κ3) is 7.85. The van der Waals surface area contributed by atoms with Crippen molar-refractivity contribution < 1.29 is 28.2 Å². The molecule has 2 spiro atoms. The quantitative estimate of drug-likeness (QED) is 0.285. The summed E-state index contributed by atoms with van der Waals surface area (Å²) >= 11 is 0. The first-order chi connectivity index (χ1) is 24.1. The van der Waals surface area contributed by atoms with Gasteiger partial charge in [0.2, 0.25) is 5.91 Å². The summed E-state index contributed by atoms with van der Waals surface area (Å²) < 4.78 is 26.3. The summed E-state index contributed by atoms with van der Waals surface area (Å²) in [4.78, 5) is 56.1. The normalized spacial score (nSPS) is 23.6. The molecule has 1 aromatic heterocycles. The Bertz CT molecular complexity index is 1590. The molecule has 6 rings (SSSR count). The van der Waals surface area contributed by atoms with Crippen LogP contribution in [0.4, 0.5) is 15.0 Å². The average molecular weight is 707 g/mol. The van der Waals surface area contributed by atoms with Crippen LogP contribution < -0.4 is 9.64 Å². The van der Waals surface area contributed by atoms with Gasteiger partial charge in [0.05, 0.1) is 17.3 Å². The number of benzene rings is 1. The van der Waals surface area contributed by atoms with Crippen LogP contribution in [-0.2, 0) is 9.53 Å². The molecule has 11 nitrogen and oxygen atoms in total. The lowest BCUT2D eigenvalue weighted by Gasteiger charge is -2.55. The van der Waals surface area contributed by atoms with Crippen molar-refractivity contribution >= 4 is 23.7 Å². The minimum absolute atomic E-state index is 0.0663. The number of carbonyl (C=O) groups is 3. The van der Waals surface area contributed by atoms with Gasteiger partial charge in [0.1, 0.15) is 23.5 Å². The van der Waals surface area contributed by atoms with Crippen LogP contribution in [0.25, 0.3) is 0 Å². The second-order valence-electron chi connectivity index (χ2n) is 16.9. The van der Waals surface area contributed by atoms with Crippen LogP contribution in [0.5, 0.6) is 11.5 Å². The van der Waals surface area contributed by atoms with Gasteiger partial charge in [-0.25, -0.2) is 24.1 Å². The molecule has 0 radical (unpaired) electrons. The summed E-state index contributed by atoms with van der Waals surface area (Å²) in [5.74, 6) is 1.05. The molecule has 4 fully saturated rings. The number of carbonyl (C=O) groups excluding carboxylic acids is 3. The predicted octanol–water partition coefficient (Wildman–Crippen LogP) is 7.06. The van der Waals surface area contributed by atoms with Gasteiger partial charge < -0.3 is 24.2 Å². The largest absolute Gasteiger partial charge is 0.451 e. The Morgan fingerprint density at radius 1 is 1.00 bits per heavy atom. The summed E-state index contributed by atoms with van der Waals surface area (Å²) in [5.41, 5.74) is -0.647. The molecule has 1 saturated carbocycles. The van der Waals surface area contributed by atoms with Crippen molar-refractivity contribution in [1.29, 1.82) is 0 Å². The van der Waals surface area contributed by atoms with Crippen molar-refractivity contribution in [2.75, 3.05) is 37.6 Å². The summed E-state index contributed by atoms with van der Waals surface area (Å²) in [6.07, 6.45) is 9.68. The topological polar surface area (TPSA) is 108 Å². The Hall–Kier alpha value is -3.80. The van der Waals surface area contributed by atoms with E-state index in [1.165, 1.54) is 29.4 Å². The van der Waals surface area contributed by atoms with E-state index < -0.39 is 23.1 Å². The molecular formula is C39H55FN6O5. The number of likely N-dealkylation sites (tertiary alicyclic amines) is 2. The molecule has 1 aromatic carbocycles. The zero-order valence-corrected chi connectivity index (χ0v) is 31.4. The van der Waals surface area contributed by atoms with Gasteiger partial charge in [-0.05, 0) is 131 Å². The van der Waals surface area contributed by atoms with Gasteiger partial charge in [0.15, 0.2) is 11.6 Å². The molecule has 3 aliphatic heterocycles. The molecule has 0 unspecified atom stereocenters. The van der Waals surface area contributed by atoms with Gasteiger partial charge in [-0.3, -0.25) is 9.59 Å². The molecule has 51 heavy (non-hydrogen) atoms. The van der Waals surface area contributed by atoms with Crippen molar-refractivity contribution in [2.45, 2.75) is 123 Å². The number of rotatable bonds is 8. The zero-order valence-electron chi connectivity index (χ0n) is 31.4. The fourth-order valence-electron chi connectivity index (χ4n) is 8.81. The van der Waals surface area contributed by atoms with Crippen molar-refractivity contribution in [3.8, 4) is 11.5 Å². The molecule has 3 amide bonds. The van der Waals surface area contributed by atoms with Crippen LogP contribution in [0.15, 0.2) is 30.7 Å². The standard InChI is InChI=1S/C39H55FN6O5/c1-26(2)45(27(3)4)35(48)30-20-29(40)8-9-31(30)50-32-21-41-25-42-34(32)44-23-38(24-44)16-18-43(19-17-38)22-28-10-13-39(14-11-28)15-12-33(47)46(39)36(49)51-37(5,6)7/h8-9,20-21,25-28H,10-19,22-24H2,1-7H3/t28-,39-. The summed E-state index contributed by atoms with van der Waals surface area (Å²) in [6, 6.07) is 3.91. The van der Waals surface area contributed by atoms with Crippen molar-refractivity contribution in [1.82, 2.24) is 24.7 Å². The fraction of sp³-hybridized carbons (Fsp3) is 0.667. The van der Waals surface area contributed by atoms with Crippen molar-refractivity contribution in [3.63, 3.8) is 0 Å². The fourth-order valence-corrected chi connectivity index (χ4v) is 8.81. The monoisotopic (exact) mass is 706 g/mol. The molecule has 12 heteroatoms. The van der Waals surface area contributed by atoms with E-state index in [9.17, 15) is 18.8 Å². The summed E-state index contributed by atoms with van der Waals surface area (Å²) in [7, 11) is 0. The number of anilines is 1. The number of ether oxygens (including phenoxy) is 2. The van der Waals surface area contributed by atoms with Gasteiger partial charge in [-0.15, -0.1) is 0 Å². The van der Waals surface area contributed by atoms with Gasteiger partial charge in [0, 0.05) is 43.6 Å². The highest BCUT2D eigenvalue weighted by Crippen LogP contribution is 2.47. The number of halogens is 1. The van der Waals surface area contributed by atoms with E-state index in [4.69, 9.17) is 9.47 Å². The van der Waals surface area contributed by atoms with Crippen LogP contribution >= 0.6 is 0 Å². The van der Waals surface area contributed by atoms with E-state index >= 15 is 0 Å². The maximum atomic E-state index is 14.4. The zero-order chi connectivity index (χ0) is 36.7. The lowest BCUT2D eigenvalue weighted by Crippen LogP contribution is -2.61. The summed E-state index contributed by atoms with van der Waals surface area (Å²) in [5, 5.41) is 0. The van der Waals surface area contributed by atoms with E-state index in [1.807, 2.05) is 48.5 Å². The first-order valence-electron chi connectivity index (χ1n) is 18.7. The van der Waals surface area contributed by atoms with Crippen LogP contribution in [-0.4, -0.2) is 98.5 Å². The molecular weight excluding hydrogens is 651 g/mol. The second kappa shape index (κ2) is 14.3. The van der Waals surface area contributed by atoms with Gasteiger partial charge in [-0.1, -0.05) is 0 Å². The van der Waals surface area contributed by atoms with Gasteiger partial charge >= 0.3 is 6.09 Å². The Labute approximate surface area is 301 Å². The lowest BCUT2D eigenvalue weighted by molar-refractivity contribution is -0.131. The number of imide groups is 1. The Balaban J connectivity index is 1.03. The first kappa shape index (κ1) is 37.0. The molecule has 1 aliphatic carbocycles. The maximum Gasteiger partial charge on any atom is 0.417 e. The van der Waals surface area contributed by atoms with E-state index in [1.54, 1.807) is 11.1 Å². The minimum atomic E-state index is -0.634. The SMILES string of the molecule is CC(C)N(C(=O)c1cc(F)ccc1Oc1cncnc1N1CC2(CCN(C[C@H]3CC[C@@]4(CCC(=O)N4C(=O)OC(C)(C)C)CC3)CC2)C1)C(C)C. The molecule has 0 N–H and O–H groups in total. The summed E-state index contributed by atoms with van der Waals surface area (Å²) in [6.45, 7) is 18.1. The minimum Gasteiger partial charge on any atom is -0.451 e. The Kier molecular flexibility index (Phi) is 10.4. The predicted molar refractivity (Wildman–Crippen MR) is 192 cm³/mol. The number of hydrogen-bond donors (Lipinski definition) is 0. The smallest absolute Gasteiger partial charge is 0.417 e. The highest BCUT2D eigenvalue weighted by molar-refractivity contribution is 5.97. The highest BCUT2D eigenvalue weighted by atomic mass is 19.1. The molecule has 3 saturated heterocycles. The van der Waals surface area contributed by atoms with E-state index in [0.717, 1.165) is 77.7 Å². The Morgan fingerprint density at radius 2 is 1.67 bits per heavy atom. The Morgan fingerprint density at radius 3 is 2.29 bits per heavy atom. The van der Waals surface area contributed by atoms with Crippen LogP contribution in [0.3, 0.4) is 0 Å². The van der Waals surface area contributed by atoms with Crippen molar-refractivity contribution in [2.24, 2.45) is 11.3 Å². The molecule has 4 heterocycles. The highest BCUT2D eigenvalue weighted by Gasteiger charge is 2.52. The molecule has 0 bridgehead atoms. The first-order valence-corrected chi connectivity index (χ1v) is 18.7.